The number of anilines is 1. The first-order valence-electron chi connectivity index (χ1n) is 6.48. The molecule has 7 nitrogen and oxygen atoms in total. The minimum atomic E-state index is -1.31. The molecule has 23 heavy (non-hydrogen) atoms. The summed E-state index contributed by atoms with van der Waals surface area (Å²) >= 11 is 5.94. The number of nitriles is 1. The fourth-order valence-electron chi connectivity index (χ4n) is 1.85. The van der Waals surface area contributed by atoms with E-state index in [2.05, 4.69) is 5.32 Å². The van der Waals surface area contributed by atoms with Gasteiger partial charge in [0.2, 0.25) is 0 Å². The highest BCUT2D eigenvalue weighted by Crippen LogP contribution is 2.31. The SMILES string of the molecule is COc1cc(NC=C2C(=O)OC(C)(C)OC2=O)c(C#N)cc1Cl. The molecule has 1 fully saturated rings. The molecule has 0 spiro atoms. The Morgan fingerprint density at radius 1 is 1.30 bits per heavy atom. The van der Waals surface area contributed by atoms with Crippen molar-refractivity contribution in [3.8, 4) is 11.8 Å². The van der Waals surface area contributed by atoms with Crippen molar-refractivity contribution in [3.05, 3.63) is 34.5 Å². The van der Waals surface area contributed by atoms with Crippen LogP contribution < -0.4 is 10.1 Å². The summed E-state index contributed by atoms with van der Waals surface area (Å²) in [6, 6.07) is 4.83. The number of methoxy groups -OCH3 is 1. The zero-order valence-corrected chi connectivity index (χ0v) is 13.4. The van der Waals surface area contributed by atoms with Crippen molar-refractivity contribution in [1.29, 1.82) is 5.26 Å². The quantitative estimate of drug-likeness (QED) is 0.514. The molecule has 1 saturated heterocycles. The normalized spacial score (nSPS) is 16.0. The highest BCUT2D eigenvalue weighted by molar-refractivity contribution is 6.32. The van der Waals surface area contributed by atoms with E-state index in [1.165, 1.54) is 33.1 Å². The van der Waals surface area contributed by atoms with Crippen LogP contribution in [0.4, 0.5) is 5.69 Å². The van der Waals surface area contributed by atoms with Crippen LogP contribution in [-0.2, 0) is 19.1 Å². The summed E-state index contributed by atoms with van der Waals surface area (Å²) in [4.78, 5) is 23.7. The van der Waals surface area contributed by atoms with Crippen molar-refractivity contribution in [2.45, 2.75) is 19.6 Å². The van der Waals surface area contributed by atoms with Crippen molar-refractivity contribution < 1.29 is 23.8 Å². The number of rotatable bonds is 3. The molecule has 1 aliphatic heterocycles. The summed E-state index contributed by atoms with van der Waals surface area (Å²) in [7, 11) is 1.42. The van der Waals surface area contributed by atoms with Crippen molar-refractivity contribution in [2.24, 2.45) is 0 Å². The average molecular weight is 337 g/mol. The Hall–Kier alpha value is -2.72. The molecule has 0 radical (unpaired) electrons. The maximum Gasteiger partial charge on any atom is 0.350 e. The van der Waals surface area contributed by atoms with E-state index in [1.807, 2.05) is 6.07 Å². The Kier molecular flexibility index (Phi) is 4.48. The molecule has 0 aromatic heterocycles. The van der Waals surface area contributed by atoms with Gasteiger partial charge in [-0.05, 0) is 6.07 Å². The molecule has 2 rings (SSSR count). The van der Waals surface area contributed by atoms with Gasteiger partial charge in [-0.2, -0.15) is 5.26 Å². The lowest BCUT2D eigenvalue weighted by Gasteiger charge is -2.29. The zero-order valence-electron chi connectivity index (χ0n) is 12.6. The summed E-state index contributed by atoms with van der Waals surface area (Å²) in [5.41, 5.74) is 0.208. The third-order valence-corrected chi connectivity index (χ3v) is 3.20. The second-order valence-electron chi connectivity index (χ2n) is 5.03. The first-order chi connectivity index (χ1) is 10.8. The Balaban J connectivity index is 2.31. The van der Waals surface area contributed by atoms with Crippen LogP contribution in [0.1, 0.15) is 19.4 Å². The number of hydrogen-bond donors (Lipinski definition) is 1. The van der Waals surface area contributed by atoms with Crippen molar-refractivity contribution in [3.63, 3.8) is 0 Å². The molecule has 120 valence electrons. The smallest absolute Gasteiger partial charge is 0.350 e. The lowest BCUT2D eigenvalue weighted by molar-refractivity contribution is -0.222. The Labute approximate surface area is 137 Å². The van der Waals surface area contributed by atoms with E-state index in [1.54, 1.807) is 0 Å². The number of nitrogens with one attached hydrogen (secondary N) is 1. The number of halogens is 1. The number of nitrogens with zero attached hydrogens (tertiary/aromatic N) is 1. The summed E-state index contributed by atoms with van der Waals surface area (Å²) in [6.07, 6.45) is 1.11. The Morgan fingerprint density at radius 2 is 1.91 bits per heavy atom. The maximum atomic E-state index is 11.8. The summed E-state index contributed by atoms with van der Waals surface area (Å²) < 4.78 is 15.0. The molecular weight excluding hydrogens is 324 g/mol. The number of cyclic esters (lactones) is 2. The molecule has 1 N–H and O–H groups in total. The van der Waals surface area contributed by atoms with Gasteiger partial charge < -0.3 is 19.5 Å². The van der Waals surface area contributed by atoms with Gasteiger partial charge in [0.1, 0.15) is 11.8 Å². The third kappa shape index (κ3) is 3.55. The average Bonchev–Trinajstić information content (AvgIpc) is 2.45. The second-order valence-corrected chi connectivity index (χ2v) is 5.43. The van der Waals surface area contributed by atoms with Gasteiger partial charge in [0.25, 0.3) is 5.79 Å². The Morgan fingerprint density at radius 3 is 2.43 bits per heavy atom. The number of carbonyl (C=O) groups is 2. The number of carbonyl (C=O) groups excluding carboxylic acids is 2. The van der Waals surface area contributed by atoms with Crippen LogP contribution in [-0.4, -0.2) is 24.8 Å². The first-order valence-corrected chi connectivity index (χ1v) is 6.86. The van der Waals surface area contributed by atoms with Gasteiger partial charge in [0.05, 0.1) is 23.4 Å². The molecule has 1 aromatic carbocycles. The van der Waals surface area contributed by atoms with E-state index in [4.69, 9.17) is 31.1 Å². The standard InChI is InChI=1S/C15H13ClN2O5/c1-15(2)22-13(19)9(14(20)23-15)7-18-11-5-12(21-3)10(16)4-8(11)6-17/h4-5,7,18H,1-3H3. The molecule has 0 aliphatic carbocycles. The van der Waals surface area contributed by atoms with Gasteiger partial charge in [0, 0.05) is 26.1 Å². The van der Waals surface area contributed by atoms with Gasteiger partial charge >= 0.3 is 11.9 Å². The molecular formula is C15H13ClN2O5. The van der Waals surface area contributed by atoms with E-state index in [-0.39, 0.29) is 16.2 Å². The third-order valence-electron chi connectivity index (χ3n) is 2.90. The Bertz CT molecular complexity index is 727. The summed E-state index contributed by atoms with van der Waals surface area (Å²) in [5, 5.41) is 12.1. The highest BCUT2D eigenvalue weighted by Gasteiger charge is 2.38. The van der Waals surface area contributed by atoms with Crippen LogP contribution in [0.15, 0.2) is 23.9 Å². The number of esters is 2. The van der Waals surface area contributed by atoms with Crippen molar-refractivity contribution >= 4 is 29.2 Å². The molecule has 0 bridgehead atoms. The predicted molar refractivity (Wildman–Crippen MR) is 80.7 cm³/mol. The van der Waals surface area contributed by atoms with Crippen LogP contribution >= 0.6 is 11.6 Å². The largest absolute Gasteiger partial charge is 0.495 e. The van der Waals surface area contributed by atoms with E-state index in [9.17, 15) is 9.59 Å². The molecule has 8 heteroatoms. The van der Waals surface area contributed by atoms with E-state index < -0.39 is 17.7 Å². The lowest BCUT2D eigenvalue weighted by atomic mass is 10.1. The van der Waals surface area contributed by atoms with E-state index in [0.717, 1.165) is 6.20 Å². The molecule has 1 aromatic rings. The van der Waals surface area contributed by atoms with Crippen LogP contribution in [0, 0.1) is 11.3 Å². The maximum absolute atomic E-state index is 11.8. The first kappa shape index (κ1) is 16.6. The van der Waals surface area contributed by atoms with Crippen LogP contribution in [0.25, 0.3) is 0 Å². The monoisotopic (exact) mass is 336 g/mol. The van der Waals surface area contributed by atoms with Crippen molar-refractivity contribution in [1.82, 2.24) is 0 Å². The molecule has 0 saturated carbocycles. The van der Waals surface area contributed by atoms with Crippen LogP contribution in [0.5, 0.6) is 5.75 Å². The van der Waals surface area contributed by atoms with Crippen LogP contribution in [0.3, 0.4) is 0 Å². The fourth-order valence-corrected chi connectivity index (χ4v) is 2.09. The summed E-state index contributed by atoms with van der Waals surface area (Å²) in [5.74, 6) is -2.62. The van der Waals surface area contributed by atoms with Crippen molar-refractivity contribution in [2.75, 3.05) is 12.4 Å². The van der Waals surface area contributed by atoms with Gasteiger partial charge in [-0.25, -0.2) is 9.59 Å². The highest BCUT2D eigenvalue weighted by atomic mass is 35.5. The fraction of sp³-hybridized carbons (Fsp3) is 0.267. The topological polar surface area (TPSA) is 97.7 Å². The van der Waals surface area contributed by atoms with Crippen LogP contribution in [0.2, 0.25) is 5.02 Å². The summed E-state index contributed by atoms with van der Waals surface area (Å²) in [6.45, 7) is 2.90. The van der Waals surface area contributed by atoms with Gasteiger partial charge in [-0.1, -0.05) is 11.6 Å². The minimum absolute atomic E-state index is 0.213. The predicted octanol–water partition coefficient (Wildman–Crippen LogP) is 2.35. The number of hydrogen-bond acceptors (Lipinski definition) is 7. The lowest BCUT2D eigenvalue weighted by Crippen LogP contribution is -2.42. The van der Waals surface area contributed by atoms with Gasteiger partial charge in [0.15, 0.2) is 5.57 Å². The molecule has 0 atom stereocenters. The van der Waals surface area contributed by atoms with E-state index >= 15 is 0 Å². The molecule has 0 unspecified atom stereocenters. The number of ether oxygens (including phenoxy) is 3. The zero-order chi connectivity index (χ0) is 17.2. The van der Waals surface area contributed by atoms with Gasteiger partial charge in [-0.3, -0.25) is 0 Å². The second kappa shape index (κ2) is 6.18. The van der Waals surface area contributed by atoms with E-state index in [0.29, 0.717) is 11.4 Å². The molecule has 1 aliphatic rings. The minimum Gasteiger partial charge on any atom is -0.495 e. The van der Waals surface area contributed by atoms with Gasteiger partial charge in [-0.15, -0.1) is 0 Å². The molecule has 0 amide bonds. The number of benzene rings is 1. The molecule has 1 heterocycles.